The quantitative estimate of drug-likeness (QED) is 0.483. The largest absolute Gasteiger partial charge is 0.398 e. The number of fused-ring (bicyclic) bond motifs is 4. The zero-order valence-corrected chi connectivity index (χ0v) is 25.1. The van der Waals surface area contributed by atoms with Gasteiger partial charge in [-0.3, -0.25) is 4.90 Å². The second-order valence-electron chi connectivity index (χ2n) is 14.6. The Morgan fingerprint density at radius 1 is 1.17 bits per heavy atom. The van der Waals surface area contributed by atoms with Crippen molar-refractivity contribution in [3.63, 3.8) is 0 Å². The molecule has 5 unspecified atom stereocenters. The van der Waals surface area contributed by atoms with Crippen LogP contribution in [0.2, 0.25) is 0 Å². The van der Waals surface area contributed by atoms with Crippen molar-refractivity contribution >= 4 is 11.5 Å². The molecule has 42 heavy (non-hydrogen) atoms. The highest BCUT2D eigenvalue weighted by molar-refractivity contribution is 5.64. The predicted octanol–water partition coefficient (Wildman–Crippen LogP) is 5.54. The highest BCUT2D eigenvalue weighted by Gasteiger charge is 2.54. The van der Waals surface area contributed by atoms with Gasteiger partial charge in [-0.1, -0.05) is 19.9 Å². The third-order valence-corrected chi connectivity index (χ3v) is 12.4. The van der Waals surface area contributed by atoms with Gasteiger partial charge in [-0.05, 0) is 81.4 Å². The van der Waals surface area contributed by atoms with Crippen LogP contribution in [-0.4, -0.2) is 52.8 Å². The van der Waals surface area contributed by atoms with E-state index in [4.69, 9.17) is 20.4 Å². The zero-order chi connectivity index (χ0) is 28.9. The number of nitrogens with two attached hydrogens (primary N) is 1. The lowest BCUT2D eigenvalue weighted by molar-refractivity contribution is -0.0875. The Morgan fingerprint density at radius 3 is 2.79 bits per heavy atom. The number of anilines is 2. The maximum Gasteiger partial charge on any atom is 0.138 e. The van der Waals surface area contributed by atoms with Gasteiger partial charge in [-0.15, -0.1) is 0 Å². The van der Waals surface area contributed by atoms with Gasteiger partial charge in [0.1, 0.15) is 29.5 Å². The molecule has 2 N–H and O–H groups in total. The minimum absolute atomic E-state index is 0.0387. The van der Waals surface area contributed by atoms with Crippen LogP contribution in [0.3, 0.4) is 0 Å². The number of hydrogen-bond donors (Lipinski definition) is 1. The van der Waals surface area contributed by atoms with Crippen LogP contribution in [0.25, 0.3) is 0 Å². The lowest BCUT2D eigenvalue weighted by atomic mass is 9.56. The first kappa shape index (κ1) is 26.8. The number of benzene rings is 1. The number of halogens is 1. The summed E-state index contributed by atoms with van der Waals surface area (Å²) in [6, 6.07) is 6.39. The highest BCUT2D eigenvalue weighted by Crippen LogP contribution is 2.55. The standard InChI is InChI=1S/C34H43FN6O/c1-21-6-12-34(30-24(21)4-5-27(37)25(30)16-36)15-28-26(18-42-34)31(40-19-32(20-40)10-7-22(32)2)39-29(38-28)8-11-33-9-3-13-41(33)17-23(35)14-33/h4-5,21-23H,3,6-15,17-20,37H2,1-2H3. The summed E-state index contributed by atoms with van der Waals surface area (Å²) in [5.74, 6) is 3.04. The molecule has 6 aliphatic rings. The SMILES string of the molecule is CC1CCC2(Cc3nc(CCC45CCCN4CC(F)C5)nc(N4CC5(CCC5C)C4)c3CO2)c2c1ccc(N)c2C#N. The normalized spacial score (nSPS) is 34.4. The molecular weight excluding hydrogens is 527 g/mol. The van der Waals surface area contributed by atoms with Crippen LogP contribution < -0.4 is 10.6 Å². The summed E-state index contributed by atoms with van der Waals surface area (Å²) in [5, 5.41) is 10.2. The van der Waals surface area contributed by atoms with Gasteiger partial charge >= 0.3 is 0 Å². The van der Waals surface area contributed by atoms with Gasteiger partial charge in [0, 0.05) is 60.2 Å². The van der Waals surface area contributed by atoms with Crippen molar-refractivity contribution in [1.29, 1.82) is 5.26 Å². The number of ether oxygens (including phenoxy) is 1. The van der Waals surface area contributed by atoms with Gasteiger partial charge in [0.25, 0.3) is 0 Å². The number of nitriles is 1. The number of aryl methyl sites for hydroxylation is 1. The number of rotatable bonds is 4. The van der Waals surface area contributed by atoms with Crippen LogP contribution in [0.4, 0.5) is 15.9 Å². The Bertz CT molecular complexity index is 1480. The second kappa shape index (κ2) is 9.37. The lowest BCUT2D eigenvalue weighted by Gasteiger charge is -2.60. The van der Waals surface area contributed by atoms with Crippen molar-refractivity contribution in [2.45, 2.75) is 108 Å². The molecule has 0 amide bonds. The van der Waals surface area contributed by atoms with E-state index in [0.29, 0.717) is 48.6 Å². The molecule has 4 fully saturated rings. The zero-order valence-electron chi connectivity index (χ0n) is 25.1. The summed E-state index contributed by atoms with van der Waals surface area (Å²) in [4.78, 5) is 15.4. The number of hydrogen-bond acceptors (Lipinski definition) is 7. The first-order valence-corrected chi connectivity index (χ1v) is 16.2. The van der Waals surface area contributed by atoms with Crippen LogP contribution in [0.5, 0.6) is 0 Å². The van der Waals surface area contributed by atoms with Crippen LogP contribution in [-0.2, 0) is 29.8 Å². The molecule has 2 aromatic rings. The van der Waals surface area contributed by atoms with Crippen LogP contribution >= 0.6 is 0 Å². The van der Waals surface area contributed by atoms with Crippen molar-refractivity contribution in [2.75, 3.05) is 36.8 Å². The fourth-order valence-corrected chi connectivity index (χ4v) is 9.61. The van der Waals surface area contributed by atoms with Crippen molar-refractivity contribution in [2.24, 2.45) is 11.3 Å². The van der Waals surface area contributed by atoms with Gasteiger partial charge in [-0.2, -0.15) is 5.26 Å². The Hall–Kier alpha value is -2.76. The topological polar surface area (TPSA) is 91.3 Å². The van der Waals surface area contributed by atoms with E-state index < -0.39 is 11.8 Å². The molecule has 2 spiro atoms. The van der Waals surface area contributed by atoms with E-state index in [1.807, 2.05) is 6.07 Å². The minimum atomic E-state index is -0.723. The maximum absolute atomic E-state index is 14.5. The molecule has 1 aromatic carbocycles. The molecule has 5 heterocycles. The van der Waals surface area contributed by atoms with E-state index in [1.165, 1.54) is 18.4 Å². The predicted molar refractivity (Wildman–Crippen MR) is 160 cm³/mol. The Labute approximate surface area is 248 Å². The van der Waals surface area contributed by atoms with Crippen molar-refractivity contribution < 1.29 is 9.13 Å². The molecule has 7 nitrogen and oxygen atoms in total. The fraction of sp³-hybridized carbons (Fsp3) is 0.676. The second-order valence-corrected chi connectivity index (χ2v) is 14.6. The van der Waals surface area contributed by atoms with Crippen LogP contribution in [0.1, 0.15) is 105 Å². The number of alkyl halides is 1. The fourth-order valence-electron chi connectivity index (χ4n) is 9.61. The molecule has 5 atom stereocenters. The summed E-state index contributed by atoms with van der Waals surface area (Å²) in [6.07, 6.45) is 8.90. The Balaban J connectivity index is 1.17. The Morgan fingerprint density at radius 2 is 2.02 bits per heavy atom. The van der Waals surface area contributed by atoms with E-state index in [1.54, 1.807) is 0 Å². The summed E-state index contributed by atoms with van der Waals surface area (Å²) in [6.45, 7) is 8.76. The molecular formula is C34H43FN6O. The first-order chi connectivity index (χ1) is 20.2. The number of nitrogen functional groups attached to an aromatic ring is 1. The molecule has 222 valence electrons. The van der Waals surface area contributed by atoms with Crippen molar-refractivity contribution in [3.8, 4) is 6.07 Å². The monoisotopic (exact) mass is 570 g/mol. The maximum atomic E-state index is 14.5. The average molecular weight is 571 g/mol. The molecule has 1 saturated carbocycles. The molecule has 1 aromatic heterocycles. The molecule has 8 heteroatoms. The van der Waals surface area contributed by atoms with Crippen molar-refractivity contribution in [1.82, 2.24) is 14.9 Å². The Kier molecular flexibility index (Phi) is 5.99. The molecule has 2 aliphatic carbocycles. The third kappa shape index (κ3) is 3.81. The molecule has 8 rings (SSSR count). The summed E-state index contributed by atoms with van der Waals surface area (Å²) in [5.41, 5.74) is 11.6. The first-order valence-electron chi connectivity index (χ1n) is 16.2. The minimum Gasteiger partial charge on any atom is -0.398 e. The van der Waals surface area contributed by atoms with Gasteiger partial charge in [0.2, 0.25) is 0 Å². The van der Waals surface area contributed by atoms with E-state index in [2.05, 4.69) is 35.8 Å². The van der Waals surface area contributed by atoms with Crippen LogP contribution in [0.15, 0.2) is 12.1 Å². The average Bonchev–Trinajstić information content (AvgIpc) is 3.48. The number of nitrogens with zero attached hydrogens (tertiary/aromatic N) is 5. The summed E-state index contributed by atoms with van der Waals surface area (Å²) in [7, 11) is 0. The molecule has 0 radical (unpaired) electrons. The van der Waals surface area contributed by atoms with E-state index in [0.717, 1.165) is 92.5 Å². The molecule has 4 aliphatic heterocycles. The van der Waals surface area contributed by atoms with E-state index >= 15 is 0 Å². The van der Waals surface area contributed by atoms with Gasteiger partial charge in [0.15, 0.2) is 0 Å². The van der Waals surface area contributed by atoms with Gasteiger partial charge in [-0.25, -0.2) is 14.4 Å². The van der Waals surface area contributed by atoms with Gasteiger partial charge < -0.3 is 15.4 Å². The lowest BCUT2D eigenvalue weighted by Crippen LogP contribution is -2.64. The van der Waals surface area contributed by atoms with Crippen molar-refractivity contribution in [3.05, 3.63) is 45.9 Å². The number of aromatic nitrogens is 2. The van der Waals surface area contributed by atoms with E-state index in [9.17, 15) is 9.65 Å². The third-order valence-electron chi connectivity index (χ3n) is 12.4. The highest BCUT2D eigenvalue weighted by atomic mass is 19.1. The summed E-state index contributed by atoms with van der Waals surface area (Å²) < 4.78 is 21.4. The van der Waals surface area contributed by atoms with Gasteiger partial charge in [0.05, 0.1) is 17.9 Å². The molecule has 0 bridgehead atoms. The van der Waals surface area contributed by atoms with Crippen LogP contribution in [0, 0.1) is 22.7 Å². The molecule has 3 saturated heterocycles. The summed E-state index contributed by atoms with van der Waals surface area (Å²) >= 11 is 0. The van der Waals surface area contributed by atoms with E-state index in [-0.39, 0.29) is 5.54 Å². The smallest absolute Gasteiger partial charge is 0.138 e.